The van der Waals surface area contributed by atoms with Crippen LogP contribution in [0.15, 0.2) is 43.6 Å². The van der Waals surface area contributed by atoms with Gasteiger partial charge in [0.15, 0.2) is 5.76 Å². The van der Waals surface area contributed by atoms with Gasteiger partial charge in [-0.05, 0) is 24.3 Å². The molecule has 0 aromatic carbocycles. The summed E-state index contributed by atoms with van der Waals surface area (Å²) in [5.74, 6) is 1.33. The number of piperazine rings is 1. The van der Waals surface area contributed by atoms with E-state index in [2.05, 4.69) is 15.1 Å². The lowest BCUT2D eigenvalue weighted by Crippen LogP contribution is -2.48. The molecule has 0 unspecified atom stereocenters. The second-order valence-electron chi connectivity index (χ2n) is 5.72. The predicted octanol–water partition coefficient (Wildman–Crippen LogP) is 2.55. The molecular weight excluding hydrogens is 400 g/mol. The Morgan fingerprint density at radius 2 is 1.96 bits per heavy atom. The van der Waals surface area contributed by atoms with Gasteiger partial charge in [0.05, 0.1) is 17.1 Å². The summed E-state index contributed by atoms with van der Waals surface area (Å²) in [5, 5.41) is 7.99. The standard InChI is InChI=1S/C15H15ClN4O4S2/c16-12-3-4-14(25-12)26(21,22)20-7-5-19(6-8-20)10-13-17-18-15(24-13)11-2-1-9-23-11/h1-4,9H,5-8,10H2. The maximum absolute atomic E-state index is 12.6. The van der Waals surface area contributed by atoms with Gasteiger partial charge in [-0.1, -0.05) is 11.6 Å². The molecule has 3 aromatic rings. The molecule has 1 aliphatic rings. The van der Waals surface area contributed by atoms with Crippen LogP contribution >= 0.6 is 22.9 Å². The maximum atomic E-state index is 12.6. The van der Waals surface area contributed by atoms with E-state index in [-0.39, 0.29) is 4.21 Å². The highest BCUT2D eigenvalue weighted by atomic mass is 35.5. The van der Waals surface area contributed by atoms with Crippen LogP contribution in [-0.4, -0.2) is 54.0 Å². The lowest BCUT2D eigenvalue weighted by Gasteiger charge is -2.32. The Balaban J connectivity index is 1.37. The zero-order valence-corrected chi connectivity index (χ0v) is 15.9. The molecule has 1 fully saturated rings. The van der Waals surface area contributed by atoms with E-state index in [0.717, 1.165) is 11.3 Å². The summed E-state index contributed by atoms with van der Waals surface area (Å²) in [6, 6.07) is 6.64. The van der Waals surface area contributed by atoms with Crippen molar-refractivity contribution in [3.63, 3.8) is 0 Å². The number of nitrogens with zero attached hydrogens (tertiary/aromatic N) is 4. The van der Waals surface area contributed by atoms with Crippen molar-refractivity contribution in [1.29, 1.82) is 0 Å². The molecule has 0 N–H and O–H groups in total. The van der Waals surface area contributed by atoms with Crippen LogP contribution in [0.1, 0.15) is 5.89 Å². The Morgan fingerprint density at radius 1 is 1.15 bits per heavy atom. The number of hydrogen-bond acceptors (Lipinski definition) is 8. The molecule has 0 amide bonds. The summed E-state index contributed by atoms with van der Waals surface area (Å²) < 4.78 is 38.3. The minimum atomic E-state index is -3.49. The number of furan rings is 1. The summed E-state index contributed by atoms with van der Waals surface area (Å²) in [6.45, 7) is 2.42. The van der Waals surface area contributed by atoms with E-state index >= 15 is 0 Å². The molecule has 138 valence electrons. The zero-order valence-electron chi connectivity index (χ0n) is 13.5. The van der Waals surface area contributed by atoms with E-state index in [1.165, 1.54) is 4.31 Å². The Bertz CT molecular complexity index is 975. The SMILES string of the molecule is O=S(=O)(c1ccc(Cl)s1)N1CCN(Cc2nnc(-c3ccco3)o2)CC1. The van der Waals surface area contributed by atoms with E-state index in [9.17, 15) is 8.42 Å². The third-order valence-corrected chi connectivity index (χ3v) is 7.63. The van der Waals surface area contributed by atoms with Crippen molar-refractivity contribution in [1.82, 2.24) is 19.4 Å². The van der Waals surface area contributed by atoms with Crippen LogP contribution in [0.4, 0.5) is 0 Å². The van der Waals surface area contributed by atoms with Gasteiger partial charge in [0.1, 0.15) is 4.21 Å². The molecule has 4 rings (SSSR count). The van der Waals surface area contributed by atoms with Gasteiger partial charge in [-0.15, -0.1) is 21.5 Å². The molecule has 4 heterocycles. The summed E-state index contributed by atoms with van der Waals surface area (Å²) in [6.07, 6.45) is 1.54. The molecule has 1 aliphatic heterocycles. The summed E-state index contributed by atoms with van der Waals surface area (Å²) in [4.78, 5) is 2.08. The summed E-state index contributed by atoms with van der Waals surface area (Å²) in [7, 11) is -3.49. The number of thiophene rings is 1. The minimum absolute atomic E-state index is 0.274. The van der Waals surface area contributed by atoms with Crippen molar-refractivity contribution in [2.24, 2.45) is 0 Å². The molecule has 3 aromatic heterocycles. The second-order valence-corrected chi connectivity index (χ2v) is 9.60. The monoisotopic (exact) mass is 414 g/mol. The number of sulfonamides is 1. The van der Waals surface area contributed by atoms with Gasteiger partial charge in [-0.3, -0.25) is 4.90 Å². The molecule has 11 heteroatoms. The van der Waals surface area contributed by atoms with Crippen LogP contribution in [0.5, 0.6) is 0 Å². The van der Waals surface area contributed by atoms with Crippen LogP contribution in [0.3, 0.4) is 0 Å². The van der Waals surface area contributed by atoms with Crippen molar-refractivity contribution in [2.75, 3.05) is 26.2 Å². The normalized spacial score (nSPS) is 17.0. The van der Waals surface area contributed by atoms with Crippen LogP contribution in [0.25, 0.3) is 11.7 Å². The van der Waals surface area contributed by atoms with Crippen molar-refractivity contribution in [3.8, 4) is 11.7 Å². The molecule has 0 bridgehead atoms. The Morgan fingerprint density at radius 3 is 2.62 bits per heavy atom. The molecule has 0 radical (unpaired) electrons. The van der Waals surface area contributed by atoms with Gasteiger partial charge >= 0.3 is 0 Å². The van der Waals surface area contributed by atoms with E-state index in [0.29, 0.717) is 54.6 Å². The van der Waals surface area contributed by atoms with E-state index in [1.807, 2.05) is 0 Å². The minimum Gasteiger partial charge on any atom is -0.459 e. The Hall–Kier alpha value is -1.72. The zero-order chi connectivity index (χ0) is 18.1. The largest absolute Gasteiger partial charge is 0.459 e. The van der Waals surface area contributed by atoms with Gasteiger partial charge in [-0.2, -0.15) is 4.31 Å². The van der Waals surface area contributed by atoms with E-state index in [4.69, 9.17) is 20.4 Å². The molecule has 0 aliphatic carbocycles. The van der Waals surface area contributed by atoms with Crippen molar-refractivity contribution >= 4 is 33.0 Å². The molecule has 0 atom stereocenters. The lowest BCUT2D eigenvalue weighted by atomic mass is 10.3. The highest BCUT2D eigenvalue weighted by Gasteiger charge is 2.30. The maximum Gasteiger partial charge on any atom is 0.283 e. The smallest absolute Gasteiger partial charge is 0.283 e. The second kappa shape index (κ2) is 7.12. The molecule has 0 saturated carbocycles. The van der Waals surface area contributed by atoms with Crippen LogP contribution in [0, 0.1) is 0 Å². The molecular formula is C15H15ClN4O4S2. The summed E-state index contributed by atoms with van der Waals surface area (Å²) in [5.41, 5.74) is 0. The molecule has 8 nitrogen and oxygen atoms in total. The third-order valence-electron chi connectivity index (χ3n) is 4.03. The Kier molecular flexibility index (Phi) is 4.84. The highest BCUT2D eigenvalue weighted by molar-refractivity contribution is 7.91. The number of aromatic nitrogens is 2. The predicted molar refractivity (Wildman–Crippen MR) is 95.4 cm³/mol. The fraction of sp³-hybridized carbons (Fsp3) is 0.333. The van der Waals surface area contributed by atoms with Crippen molar-refractivity contribution in [2.45, 2.75) is 10.8 Å². The van der Waals surface area contributed by atoms with Gasteiger partial charge < -0.3 is 8.83 Å². The number of halogens is 1. The number of hydrogen-bond donors (Lipinski definition) is 0. The fourth-order valence-electron chi connectivity index (χ4n) is 2.70. The molecule has 1 saturated heterocycles. The first kappa shape index (κ1) is 17.7. The fourth-order valence-corrected chi connectivity index (χ4v) is 5.76. The van der Waals surface area contributed by atoms with Crippen LogP contribution in [0.2, 0.25) is 4.34 Å². The lowest BCUT2D eigenvalue weighted by molar-refractivity contribution is 0.168. The van der Waals surface area contributed by atoms with E-state index in [1.54, 1.807) is 30.5 Å². The van der Waals surface area contributed by atoms with Crippen molar-refractivity contribution < 1.29 is 17.3 Å². The first-order chi connectivity index (χ1) is 12.5. The third kappa shape index (κ3) is 3.55. The first-order valence-electron chi connectivity index (χ1n) is 7.86. The molecule has 0 spiro atoms. The quantitative estimate of drug-likeness (QED) is 0.633. The Labute approximate surface area is 159 Å². The van der Waals surface area contributed by atoms with Gasteiger partial charge in [0.25, 0.3) is 15.9 Å². The van der Waals surface area contributed by atoms with Gasteiger partial charge in [-0.25, -0.2) is 8.42 Å². The average Bonchev–Trinajstić information content (AvgIpc) is 3.36. The molecule has 26 heavy (non-hydrogen) atoms. The van der Waals surface area contributed by atoms with Crippen LogP contribution in [-0.2, 0) is 16.6 Å². The van der Waals surface area contributed by atoms with E-state index < -0.39 is 10.0 Å². The van der Waals surface area contributed by atoms with Crippen LogP contribution < -0.4 is 0 Å². The van der Waals surface area contributed by atoms with Crippen molar-refractivity contribution in [3.05, 3.63) is 40.8 Å². The average molecular weight is 415 g/mol. The number of rotatable bonds is 5. The van der Waals surface area contributed by atoms with Gasteiger partial charge in [0, 0.05) is 26.2 Å². The highest BCUT2D eigenvalue weighted by Crippen LogP contribution is 2.28. The first-order valence-corrected chi connectivity index (χ1v) is 10.5. The topological polar surface area (TPSA) is 92.7 Å². The van der Waals surface area contributed by atoms with Gasteiger partial charge in [0.2, 0.25) is 5.89 Å². The summed E-state index contributed by atoms with van der Waals surface area (Å²) >= 11 is 6.93.